The molecule has 562 valence electrons. The van der Waals surface area contributed by atoms with E-state index in [4.69, 9.17) is 28.4 Å². The first-order chi connectivity index (χ1) is 47.8. The molecule has 0 saturated carbocycles. The van der Waals surface area contributed by atoms with E-state index in [1.54, 1.807) is 6.08 Å². The van der Waals surface area contributed by atoms with E-state index in [2.05, 4.69) is 129 Å². The molecule has 0 aromatic rings. The van der Waals surface area contributed by atoms with Gasteiger partial charge in [0, 0.05) is 6.42 Å². The van der Waals surface area contributed by atoms with E-state index in [0.717, 1.165) is 116 Å². The molecule has 19 nitrogen and oxygen atoms in total. The second-order valence-electron chi connectivity index (χ2n) is 26.4. The number of aliphatic hydroxyl groups excluding tert-OH is 11. The van der Waals surface area contributed by atoms with Gasteiger partial charge in [-0.15, -0.1) is 0 Å². The predicted molar refractivity (Wildman–Crippen MR) is 387 cm³/mol. The van der Waals surface area contributed by atoms with Crippen LogP contribution in [0, 0.1) is 0 Å². The zero-order valence-electron chi connectivity index (χ0n) is 59.7. The molecule has 0 bridgehead atoms. The van der Waals surface area contributed by atoms with Gasteiger partial charge in [-0.3, -0.25) is 4.79 Å². The molecule has 3 aliphatic rings. The van der Waals surface area contributed by atoms with Gasteiger partial charge in [0.15, 0.2) is 18.9 Å². The molecule has 19 heteroatoms. The maximum atomic E-state index is 13.4. The van der Waals surface area contributed by atoms with Crippen LogP contribution in [0.1, 0.15) is 239 Å². The van der Waals surface area contributed by atoms with E-state index in [1.165, 1.54) is 96.3 Å². The van der Waals surface area contributed by atoms with E-state index < -0.39 is 124 Å². The smallest absolute Gasteiger partial charge is 0.220 e. The van der Waals surface area contributed by atoms with Crippen molar-refractivity contribution in [2.45, 2.75) is 343 Å². The molecular formula is C79H133NO18. The van der Waals surface area contributed by atoms with Crippen molar-refractivity contribution < 1.29 is 89.4 Å². The summed E-state index contributed by atoms with van der Waals surface area (Å²) >= 11 is 0. The number of carbonyl (C=O) groups is 1. The number of allylic oxidation sites excluding steroid dienone is 19. The monoisotopic (exact) mass is 1380 g/mol. The molecule has 1 amide bonds. The van der Waals surface area contributed by atoms with Crippen molar-refractivity contribution >= 4 is 5.91 Å². The Morgan fingerprint density at radius 3 is 1.10 bits per heavy atom. The summed E-state index contributed by atoms with van der Waals surface area (Å²) in [5.74, 6) is -0.282. The molecule has 0 spiro atoms. The Hall–Kier alpha value is -3.81. The Kier molecular flexibility index (Phi) is 52.9. The summed E-state index contributed by atoms with van der Waals surface area (Å²) < 4.78 is 34.3. The van der Waals surface area contributed by atoms with Gasteiger partial charge in [0.05, 0.1) is 38.6 Å². The molecule has 3 heterocycles. The van der Waals surface area contributed by atoms with E-state index in [1.807, 2.05) is 6.08 Å². The summed E-state index contributed by atoms with van der Waals surface area (Å²) in [6, 6.07) is -0.979. The predicted octanol–water partition coefficient (Wildman–Crippen LogP) is 11.6. The third-order valence-corrected chi connectivity index (χ3v) is 18.0. The number of nitrogens with one attached hydrogen (secondary N) is 1. The van der Waals surface area contributed by atoms with Gasteiger partial charge in [-0.1, -0.05) is 264 Å². The van der Waals surface area contributed by atoms with Crippen LogP contribution in [0.5, 0.6) is 0 Å². The van der Waals surface area contributed by atoms with Gasteiger partial charge in [0.1, 0.15) is 73.2 Å². The fourth-order valence-electron chi connectivity index (χ4n) is 11.9. The van der Waals surface area contributed by atoms with E-state index >= 15 is 0 Å². The van der Waals surface area contributed by atoms with E-state index in [9.17, 15) is 61.0 Å². The number of hydrogen-bond donors (Lipinski definition) is 12. The van der Waals surface area contributed by atoms with Crippen molar-refractivity contribution in [2.75, 3.05) is 26.4 Å². The zero-order valence-corrected chi connectivity index (χ0v) is 59.7. The van der Waals surface area contributed by atoms with Crippen LogP contribution in [0.25, 0.3) is 0 Å². The van der Waals surface area contributed by atoms with Crippen LogP contribution in [-0.2, 0) is 33.2 Å². The Bertz CT molecular complexity index is 2250. The lowest BCUT2D eigenvalue weighted by atomic mass is 9.96. The molecule has 0 radical (unpaired) electrons. The number of ether oxygens (including phenoxy) is 6. The highest BCUT2D eigenvalue weighted by atomic mass is 16.8. The largest absolute Gasteiger partial charge is 0.394 e. The number of amides is 1. The maximum Gasteiger partial charge on any atom is 0.220 e. The van der Waals surface area contributed by atoms with Crippen LogP contribution in [-0.4, -0.2) is 193 Å². The van der Waals surface area contributed by atoms with Crippen molar-refractivity contribution in [3.8, 4) is 0 Å². The standard InChI is InChI=1S/C79H133NO18/c1-3-5-7-9-11-13-15-17-18-19-20-21-22-23-24-25-26-27-28-29-30-31-32-33-34-35-36-37-38-39-40-41-42-43-44-45-47-49-51-53-55-57-67(85)80-62(63(84)56-54-52-50-48-46-16-14-12-10-8-6-4-2)61-93-77-73(91)70(88)75(65(59-82)95-77)98-79-74(92)71(89)76(66(60-83)96-79)97-78-72(90)69(87)68(86)64(58-81)94-78/h5,7,11,13,17-18,20-21,23-24,26-27,29-30,32-33,35-36,54,56,62-66,68-79,81-84,86-92H,3-4,6,8-10,12,14-16,19,22,25,28,31,34,37-53,55,57-61H2,1-2H3,(H,80,85)/b7-5-,13-11-,18-17-,21-20-,24-23-,27-26-,30-29-,33-32-,36-35-,56-54+. The summed E-state index contributed by atoms with van der Waals surface area (Å²) in [5.41, 5.74) is 0. The number of unbranched alkanes of at least 4 members (excludes halogenated alkanes) is 23. The second-order valence-corrected chi connectivity index (χ2v) is 26.4. The molecule has 3 rings (SSSR count). The summed E-state index contributed by atoms with van der Waals surface area (Å²) in [4.78, 5) is 13.4. The minimum Gasteiger partial charge on any atom is -0.394 e. The Morgan fingerprint density at radius 1 is 0.378 bits per heavy atom. The van der Waals surface area contributed by atoms with Gasteiger partial charge in [0.2, 0.25) is 5.91 Å². The van der Waals surface area contributed by atoms with Gasteiger partial charge >= 0.3 is 0 Å². The Morgan fingerprint density at radius 2 is 0.704 bits per heavy atom. The molecular weight excluding hydrogens is 1250 g/mol. The molecule has 0 aromatic carbocycles. The highest BCUT2D eigenvalue weighted by Gasteiger charge is 2.53. The van der Waals surface area contributed by atoms with Crippen molar-refractivity contribution in [3.05, 3.63) is 122 Å². The molecule has 0 aliphatic carbocycles. The van der Waals surface area contributed by atoms with Crippen LogP contribution >= 0.6 is 0 Å². The van der Waals surface area contributed by atoms with Crippen LogP contribution in [0.3, 0.4) is 0 Å². The summed E-state index contributed by atoms with van der Waals surface area (Å²) in [7, 11) is 0. The van der Waals surface area contributed by atoms with Crippen molar-refractivity contribution in [1.82, 2.24) is 5.32 Å². The highest BCUT2D eigenvalue weighted by Crippen LogP contribution is 2.33. The third kappa shape index (κ3) is 39.0. The van der Waals surface area contributed by atoms with Gasteiger partial charge in [0.25, 0.3) is 0 Å². The van der Waals surface area contributed by atoms with Crippen molar-refractivity contribution in [3.63, 3.8) is 0 Å². The normalized spacial score (nSPS) is 27.5. The van der Waals surface area contributed by atoms with Crippen LogP contribution in [0.2, 0.25) is 0 Å². The minimum atomic E-state index is -1.98. The summed E-state index contributed by atoms with van der Waals surface area (Å²) in [6.45, 7) is 1.59. The first-order valence-corrected chi connectivity index (χ1v) is 37.8. The fourth-order valence-corrected chi connectivity index (χ4v) is 11.9. The highest BCUT2D eigenvalue weighted by molar-refractivity contribution is 5.76. The number of aliphatic hydroxyl groups is 11. The molecule has 12 N–H and O–H groups in total. The van der Waals surface area contributed by atoms with Crippen LogP contribution < -0.4 is 5.32 Å². The lowest BCUT2D eigenvalue weighted by Crippen LogP contribution is -2.66. The molecule has 17 atom stereocenters. The molecule has 3 fully saturated rings. The third-order valence-electron chi connectivity index (χ3n) is 18.0. The average Bonchev–Trinajstić information content (AvgIpc) is 0.785. The quantitative estimate of drug-likeness (QED) is 0.0199. The Balaban J connectivity index is 1.30. The van der Waals surface area contributed by atoms with E-state index in [-0.39, 0.29) is 18.9 Å². The van der Waals surface area contributed by atoms with Crippen LogP contribution in [0.4, 0.5) is 0 Å². The number of hydrogen-bond acceptors (Lipinski definition) is 18. The van der Waals surface area contributed by atoms with Crippen molar-refractivity contribution in [1.29, 1.82) is 0 Å². The molecule has 0 aromatic heterocycles. The van der Waals surface area contributed by atoms with Crippen molar-refractivity contribution in [2.24, 2.45) is 0 Å². The van der Waals surface area contributed by atoms with Crippen LogP contribution in [0.15, 0.2) is 122 Å². The first kappa shape index (κ1) is 88.4. The average molecular weight is 1380 g/mol. The van der Waals surface area contributed by atoms with Gasteiger partial charge in [-0.2, -0.15) is 0 Å². The lowest BCUT2D eigenvalue weighted by Gasteiger charge is -2.48. The first-order valence-electron chi connectivity index (χ1n) is 37.8. The van der Waals surface area contributed by atoms with Gasteiger partial charge < -0.3 is 89.9 Å². The molecule has 3 aliphatic heterocycles. The molecule has 98 heavy (non-hydrogen) atoms. The maximum absolute atomic E-state index is 13.4. The number of carbonyl (C=O) groups excluding carboxylic acids is 1. The Labute approximate surface area is 588 Å². The van der Waals surface area contributed by atoms with E-state index in [0.29, 0.717) is 6.42 Å². The second kappa shape index (κ2) is 58.7. The number of rotatable bonds is 57. The molecule has 17 unspecified atom stereocenters. The SMILES string of the molecule is CC/C=C\C/C=C\C/C=C\C/C=C\C/C=C\C/C=C\C/C=C\C/C=C\C/C=C\CCCCCCCCCCCCCCCC(=O)NC(COC1OC(CO)C(OC2OC(CO)C(OC3OC(CO)C(O)C(O)C3O)C(O)C2O)C(O)C1O)C(O)/C=C/CCCCCCCCCCCC. The van der Waals surface area contributed by atoms with Gasteiger partial charge in [-0.25, -0.2) is 0 Å². The zero-order chi connectivity index (χ0) is 71.1. The van der Waals surface area contributed by atoms with Gasteiger partial charge in [-0.05, 0) is 89.9 Å². The topological polar surface area (TPSA) is 307 Å². The summed E-state index contributed by atoms with van der Waals surface area (Å²) in [5, 5.41) is 120. The minimum absolute atomic E-state index is 0.235. The lowest BCUT2D eigenvalue weighted by molar-refractivity contribution is -0.379. The summed E-state index contributed by atoms with van der Waals surface area (Å²) in [6.07, 6.45) is 54.8. The molecule has 3 saturated heterocycles. The fraction of sp³-hybridized carbons (Fsp3) is 0.734.